The van der Waals surface area contributed by atoms with Crippen molar-refractivity contribution in [3.05, 3.63) is 18.6 Å². The summed E-state index contributed by atoms with van der Waals surface area (Å²) in [6.07, 6.45) is 3.12. The van der Waals surface area contributed by atoms with Gasteiger partial charge in [0, 0.05) is 6.20 Å². The minimum absolute atomic E-state index is 0.792. The molecule has 0 amide bonds. The van der Waals surface area contributed by atoms with Crippen molar-refractivity contribution in [2.75, 3.05) is 0 Å². The minimum Gasteiger partial charge on any atom is -0.272 e. The molecule has 0 aliphatic carbocycles. The Labute approximate surface area is 51.5 Å². The largest absolute Gasteiger partial charge is 0.272 e. The molecule has 0 radical (unpaired) electrons. The summed E-state index contributed by atoms with van der Waals surface area (Å²) in [6.45, 7) is 0. The fourth-order valence-electron chi connectivity index (χ4n) is 0.348. The topological polar surface area (TPSA) is 51.8 Å². The zero-order chi connectivity index (χ0) is 5.82. The molecule has 0 spiro atoms. The van der Waals surface area contributed by atoms with Crippen molar-refractivity contribution in [3.63, 3.8) is 0 Å². The second-order valence-corrected chi connectivity index (χ2v) is 1.82. The molecule has 0 fully saturated rings. The zero-order valence-electron chi connectivity index (χ0n) is 4.11. The second-order valence-electron chi connectivity index (χ2n) is 1.17. The van der Waals surface area contributed by atoms with Crippen molar-refractivity contribution in [3.8, 4) is 0 Å². The Morgan fingerprint density at radius 2 is 2.50 bits per heavy atom. The normalized spacial score (nSPS) is 9.12. The Morgan fingerprint density at radius 1 is 1.62 bits per heavy atom. The standard InChI is InChI=1S/C4H5N3S/c5-8-4-1-2-6-3-7-4/h1-3H,5H2. The summed E-state index contributed by atoms with van der Waals surface area (Å²) in [4.78, 5) is 7.54. The van der Waals surface area contributed by atoms with Crippen molar-refractivity contribution < 1.29 is 0 Å². The van der Waals surface area contributed by atoms with Gasteiger partial charge in [0.25, 0.3) is 0 Å². The maximum absolute atomic E-state index is 5.18. The minimum atomic E-state index is 0.792. The zero-order valence-corrected chi connectivity index (χ0v) is 4.93. The van der Waals surface area contributed by atoms with E-state index in [9.17, 15) is 0 Å². The summed E-state index contributed by atoms with van der Waals surface area (Å²) in [7, 11) is 0. The lowest BCUT2D eigenvalue weighted by Gasteiger charge is -1.87. The SMILES string of the molecule is NSc1ccncn1. The maximum atomic E-state index is 5.18. The molecule has 0 aliphatic rings. The third-order valence-corrected chi connectivity index (χ3v) is 1.16. The molecule has 0 aliphatic heterocycles. The maximum Gasteiger partial charge on any atom is 0.116 e. The molecule has 0 saturated heterocycles. The summed E-state index contributed by atoms with van der Waals surface area (Å²) in [5, 5.41) is 5.97. The van der Waals surface area contributed by atoms with Crippen LogP contribution in [-0.4, -0.2) is 9.97 Å². The number of rotatable bonds is 1. The highest BCUT2D eigenvalue weighted by Crippen LogP contribution is 2.02. The number of hydrogen-bond acceptors (Lipinski definition) is 4. The van der Waals surface area contributed by atoms with E-state index in [0.717, 1.165) is 17.0 Å². The van der Waals surface area contributed by atoms with Crippen LogP contribution < -0.4 is 5.14 Å². The lowest BCUT2D eigenvalue weighted by molar-refractivity contribution is 1.05. The molecule has 0 bridgehead atoms. The molecule has 0 atom stereocenters. The third kappa shape index (κ3) is 1.18. The van der Waals surface area contributed by atoms with Crippen molar-refractivity contribution in [2.45, 2.75) is 5.03 Å². The summed E-state index contributed by atoms with van der Waals surface area (Å²) in [5.74, 6) is 0. The molecule has 0 unspecified atom stereocenters. The van der Waals surface area contributed by atoms with Crippen LogP contribution in [0.3, 0.4) is 0 Å². The highest BCUT2D eigenvalue weighted by molar-refractivity contribution is 7.97. The molecule has 4 heteroatoms. The first-order valence-corrected chi connectivity index (χ1v) is 2.94. The van der Waals surface area contributed by atoms with Crippen LogP contribution >= 0.6 is 11.9 Å². The first-order valence-electron chi connectivity index (χ1n) is 2.06. The van der Waals surface area contributed by atoms with E-state index >= 15 is 0 Å². The van der Waals surface area contributed by atoms with Gasteiger partial charge >= 0.3 is 0 Å². The van der Waals surface area contributed by atoms with Gasteiger partial charge < -0.3 is 0 Å². The van der Waals surface area contributed by atoms with E-state index in [0.29, 0.717) is 0 Å². The van der Waals surface area contributed by atoms with Gasteiger partial charge in [0.15, 0.2) is 0 Å². The Bertz CT molecular complexity index is 153. The fraction of sp³-hybridized carbons (Fsp3) is 0. The fourth-order valence-corrected chi connectivity index (χ4v) is 0.596. The van der Waals surface area contributed by atoms with Crippen LogP contribution in [0.2, 0.25) is 0 Å². The Morgan fingerprint density at radius 3 is 2.88 bits per heavy atom. The smallest absolute Gasteiger partial charge is 0.116 e. The highest BCUT2D eigenvalue weighted by atomic mass is 32.2. The van der Waals surface area contributed by atoms with Crippen LogP contribution in [0.1, 0.15) is 0 Å². The summed E-state index contributed by atoms with van der Waals surface area (Å²) in [5.41, 5.74) is 0. The van der Waals surface area contributed by atoms with E-state index in [1.165, 1.54) is 6.33 Å². The van der Waals surface area contributed by atoms with E-state index in [-0.39, 0.29) is 0 Å². The van der Waals surface area contributed by atoms with Crippen LogP contribution in [0.25, 0.3) is 0 Å². The van der Waals surface area contributed by atoms with Crippen LogP contribution in [0.4, 0.5) is 0 Å². The van der Waals surface area contributed by atoms with Gasteiger partial charge in [-0.25, -0.2) is 9.97 Å². The van der Waals surface area contributed by atoms with Gasteiger partial charge in [-0.15, -0.1) is 0 Å². The van der Waals surface area contributed by atoms with Crippen LogP contribution in [0.15, 0.2) is 23.6 Å². The Kier molecular flexibility index (Phi) is 1.82. The Hall–Kier alpha value is -0.610. The molecule has 1 aromatic rings. The number of hydrogen-bond donors (Lipinski definition) is 1. The predicted molar refractivity (Wildman–Crippen MR) is 32.1 cm³/mol. The van der Waals surface area contributed by atoms with Crippen molar-refractivity contribution in [2.24, 2.45) is 5.14 Å². The van der Waals surface area contributed by atoms with Crippen LogP contribution in [0, 0.1) is 0 Å². The van der Waals surface area contributed by atoms with Crippen LogP contribution in [-0.2, 0) is 0 Å². The molecule has 1 rings (SSSR count). The lowest BCUT2D eigenvalue weighted by atomic mass is 10.7. The van der Waals surface area contributed by atoms with Gasteiger partial charge in [-0.2, -0.15) is 0 Å². The van der Waals surface area contributed by atoms with E-state index < -0.39 is 0 Å². The highest BCUT2D eigenvalue weighted by Gasteiger charge is 1.83. The monoisotopic (exact) mass is 127 g/mol. The molecule has 1 aromatic heterocycles. The molecule has 42 valence electrons. The average Bonchev–Trinajstić information content (AvgIpc) is 1.90. The summed E-state index contributed by atoms with van der Waals surface area (Å²) >= 11 is 1.12. The molecule has 0 aromatic carbocycles. The average molecular weight is 127 g/mol. The first-order chi connectivity index (χ1) is 3.93. The van der Waals surface area contributed by atoms with Gasteiger partial charge in [0.1, 0.15) is 11.4 Å². The van der Waals surface area contributed by atoms with E-state index in [1.54, 1.807) is 12.3 Å². The van der Waals surface area contributed by atoms with Gasteiger partial charge in [-0.05, 0) is 18.0 Å². The van der Waals surface area contributed by atoms with E-state index in [4.69, 9.17) is 5.14 Å². The van der Waals surface area contributed by atoms with E-state index in [2.05, 4.69) is 9.97 Å². The third-order valence-electron chi connectivity index (χ3n) is 0.676. The predicted octanol–water partition coefficient (Wildman–Crippen LogP) is 0.442. The van der Waals surface area contributed by atoms with Crippen molar-refractivity contribution >= 4 is 11.9 Å². The first kappa shape index (κ1) is 5.53. The molecule has 3 nitrogen and oxygen atoms in total. The van der Waals surface area contributed by atoms with Crippen molar-refractivity contribution in [1.82, 2.24) is 9.97 Å². The number of nitrogens with two attached hydrogens (primary N) is 1. The van der Waals surface area contributed by atoms with Gasteiger partial charge in [-0.3, -0.25) is 5.14 Å². The summed E-state index contributed by atoms with van der Waals surface area (Å²) < 4.78 is 0. The molecule has 0 saturated carbocycles. The molecule has 8 heavy (non-hydrogen) atoms. The quantitative estimate of drug-likeness (QED) is 0.439. The molecule has 2 N–H and O–H groups in total. The number of nitrogens with zero attached hydrogens (tertiary/aromatic N) is 2. The van der Waals surface area contributed by atoms with E-state index in [1.807, 2.05) is 0 Å². The van der Waals surface area contributed by atoms with Gasteiger partial charge in [-0.1, -0.05) is 0 Å². The summed E-state index contributed by atoms with van der Waals surface area (Å²) in [6, 6.07) is 1.75. The molecular formula is C4H5N3S. The van der Waals surface area contributed by atoms with Gasteiger partial charge in [0.2, 0.25) is 0 Å². The van der Waals surface area contributed by atoms with Crippen molar-refractivity contribution in [1.29, 1.82) is 0 Å². The van der Waals surface area contributed by atoms with Gasteiger partial charge in [0.05, 0.1) is 0 Å². The molecule has 1 heterocycles. The lowest BCUT2D eigenvalue weighted by Crippen LogP contribution is -1.83. The molecular weight excluding hydrogens is 122 g/mol. The van der Waals surface area contributed by atoms with Crippen LogP contribution in [0.5, 0.6) is 0 Å². The Balaban J connectivity index is 2.83. The second kappa shape index (κ2) is 2.64. The number of aromatic nitrogens is 2.